The van der Waals surface area contributed by atoms with Gasteiger partial charge in [-0.15, -0.1) is 0 Å². The summed E-state index contributed by atoms with van der Waals surface area (Å²) in [4.78, 5) is 0. The third-order valence-electron chi connectivity index (χ3n) is 4.25. The van der Waals surface area contributed by atoms with Gasteiger partial charge >= 0.3 is 0 Å². The first-order valence-electron chi connectivity index (χ1n) is 7.78. The lowest BCUT2D eigenvalue weighted by atomic mass is 10.1. The van der Waals surface area contributed by atoms with Crippen LogP contribution in [0.15, 0.2) is 60.7 Å². The number of ether oxygens (including phenoxy) is 2. The molecule has 0 amide bonds. The average Bonchev–Trinajstić information content (AvgIpc) is 2.62. The van der Waals surface area contributed by atoms with Crippen LogP contribution < -0.4 is 10.6 Å². The fourth-order valence-electron chi connectivity index (χ4n) is 3.08. The molecular formula is C18H20N2O2. The summed E-state index contributed by atoms with van der Waals surface area (Å²) in [6, 6.07) is 20.5. The van der Waals surface area contributed by atoms with Crippen molar-refractivity contribution in [3.05, 3.63) is 71.8 Å². The van der Waals surface area contributed by atoms with Crippen LogP contribution in [0.4, 0.5) is 0 Å². The molecule has 2 aromatic carbocycles. The summed E-state index contributed by atoms with van der Waals surface area (Å²) < 4.78 is 12.3. The number of rotatable bonds is 2. The molecule has 2 fully saturated rings. The zero-order valence-electron chi connectivity index (χ0n) is 12.3. The molecule has 4 rings (SSSR count). The molecule has 22 heavy (non-hydrogen) atoms. The van der Waals surface area contributed by atoms with Crippen LogP contribution in [0.1, 0.15) is 23.6 Å². The third kappa shape index (κ3) is 2.78. The van der Waals surface area contributed by atoms with Gasteiger partial charge in [-0.05, 0) is 11.1 Å². The maximum Gasteiger partial charge on any atom is 0.134 e. The highest BCUT2D eigenvalue weighted by Crippen LogP contribution is 2.28. The zero-order chi connectivity index (χ0) is 14.8. The van der Waals surface area contributed by atoms with Crippen LogP contribution in [0.5, 0.6) is 0 Å². The summed E-state index contributed by atoms with van der Waals surface area (Å²) in [5.74, 6) is 0. The molecule has 0 saturated carbocycles. The average molecular weight is 296 g/mol. The summed E-state index contributed by atoms with van der Waals surface area (Å²) in [6.45, 7) is 1.60. The van der Waals surface area contributed by atoms with Crippen LogP contribution >= 0.6 is 0 Å². The quantitative estimate of drug-likeness (QED) is 0.893. The summed E-state index contributed by atoms with van der Waals surface area (Å²) in [6.07, 6.45) is 0.0417. The molecule has 2 heterocycles. The number of hydrogen-bond donors (Lipinski definition) is 2. The van der Waals surface area contributed by atoms with Gasteiger partial charge in [0.2, 0.25) is 0 Å². The zero-order valence-corrected chi connectivity index (χ0v) is 12.3. The smallest absolute Gasteiger partial charge is 0.134 e. The van der Waals surface area contributed by atoms with Gasteiger partial charge in [-0.3, -0.25) is 10.6 Å². The molecule has 2 saturated heterocycles. The van der Waals surface area contributed by atoms with Crippen molar-refractivity contribution >= 4 is 0 Å². The number of nitrogens with one attached hydrogen (secondary N) is 2. The molecule has 0 aromatic heterocycles. The number of benzene rings is 2. The van der Waals surface area contributed by atoms with Crippen molar-refractivity contribution in [2.75, 3.05) is 13.1 Å². The van der Waals surface area contributed by atoms with E-state index in [1.807, 2.05) is 36.4 Å². The third-order valence-corrected chi connectivity index (χ3v) is 4.25. The Bertz CT molecular complexity index is 549. The second-order valence-electron chi connectivity index (χ2n) is 5.75. The molecule has 0 unspecified atom stereocenters. The first kappa shape index (κ1) is 13.9. The molecule has 2 aliphatic rings. The van der Waals surface area contributed by atoms with Crippen LogP contribution in [0.3, 0.4) is 0 Å². The topological polar surface area (TPSA) is 42.5 Å². The molecule has 4 atom stereocenters. The normalized spacial score (nSPS) is 31.5. The minimum atomic E-state index is -0.0545. The summed E-state index contributed by atoms with van der Waals surface area (Å²) in [5.41, 5.74) is 2.32. The van der Waals surface area contributed by atoms with Gasteiger partial charge in [0.15, 0.2) is 0 Å². The second-order valence-corrected chi connectivity index (χ2v) is 5.75. The Kier molecular flexibility index (Phi) is 3.91. The van der Waals surface area contributed by atoms with Crippen LogP contribution in [0.25, 0.3) is 0 Å². The van der Waals surface area contributed by atoms with Crippen molar-refractivity contribution in [1.29, 1.82) is 0 Å². The lowest BCUT2D eigenvalue weighted by Gasteiger charge is -2.43. The van der Waals surface area contributed by atoms with Gasteiger partial charge in [-0.1, -0.05) is 60.7 Å². The minimum absolute atomic E-state index is 0.0545. The molecule has 0 aliphatic carbocycles. The summed E-state index contributed by atoms with van der Waals surface area (Å²) in [5, 5.41) is 6.86. The van der Waals surface area contributed by atoms with Crippen molar-refractivity contribution in [3.8, 4) is 0 Å². The molecule has 114 valence electrons. The van der Waals surface area contributed by atoms with Crippen LogP contribution in [-0.2, 0) is 9.47 Å². The van der Waals surface area contributed by atoms with E-state index in [2.05, 4.69) is 34.9 Å². The van der Waals surface area contributed by atoms with Crippen LogP contribution in [0, 0.1) is 0 Å². The van der Waals surface area contributed by atoms with E-state index in [9.17, 15) is 0 Å². The minimum Gasteiger partial charge on any atom is -0.352 e. The van der Waals surface area contributed by atoms with Crippen molar-refractivity contribution in [3.63, 3.8) is 0 Å². The Balaban J connectivity index is 1.43. The SMILES string of the molecule is c1ccc([C@@H]2NC[C@H]3O[C@@H](c4ccccc4)NC[C@@H]3O2)cc1. The van der Waals surface area contributed by atoms with E-state index in [0.29, 0.717) is 0 Å². The highest BCUT2D eigenvalue weighted by Gasteiger charge is 2.37. The van der Waals surface area contributed by atoms with Crippen molar-refractivity contribution in [1.82, 2.24) is 10.6 Å². The Hall–Kier alpha value is -1.72. The van der Waals surface area contributed by atoms with Crippen molar-refractivity contribution < 1.29 is 9.47 Å². The molecule has 0 radical (unpaired) electrons. The monoisotopic (exact) mass is 296 g/mol. The Morgan fingerprint density at radius 2 is 1.05 bits per heavy atom. The molecule has 2 aliphatic heterocycles. The molecule has 4 heteroatoms. The number of fused-ring (bicyclic) bond motifs is 1. The fraction of sp³-hybridized carbons (Fsp3) is 0.333. The lowest BCUT2D eigenvalue weighted by molar-refractivity contribution is -0.194. The van der Waals surface area contributed by atoms with E-state index in [1.54, 1.807) is 0 Å². The highest BCUT2D eigenvalue weighted by molar-refractivity contribution is 5.19. The van der Waals surface area contributed by atoms with E-state index < -0.39 is 0 Å². The maximum atomic E-state index is 6.16. The molecule has 4 nitrogen and oxygen atoms in total. The van der Waals surface area contributed by atoms with Gasteiger partial charge in [-0.25, -0.2) is 0 Å². The van der Waals surface area contributed by atoms with Gasteiger partial charge in [0.25, 0.3) is 0 Å². The Morgan fingerprint density at radius 3 is 1.45 bits per heavy atom. The van der Waals surface area contributed by atoms with Gasteiger partial charge < -0.3 is 9.47 Å². The van der Waals surface area contributed by atoms with E-state index in [1.165, 1.54) is 0 Å². The highest BCUT2D eigenvalue weighted by atomic mass is 16.6. The molecular weight excluding hydrogens is 276 g/mol. The van der Waals surface area contributed by atoms with Gasteiger partial charge in [0.05, 0.1) is 12.2 Å². The predicted octanol–water partition coefficient (Wildman–Crippen LogP) is 2.36. The summed E-state index contributed by atoms with van der Waals surface area (Å²) >= 11 is 0. The predicted molar refractivity (Wildman–Crippen MR) is 84.1 cm³/mol. The lowest BCUT2D eigenvalue weighted by Crippen LogP contribution is -2.57. The second kappa shape index (κ2) is 6.18. The Morgan fingerprint density at radius 1 is 0.636 bits per heavy atom. The van der Waals surface area contributed by atoms with Crippen molar-refractivity contribution in [2.45, 2.75) is 24.7 Å². The van der Waals surface area contributed by atoms with Gasteiger partial charge in [0, 0.05) is 13.1 Å². The largest absolute Gasteiger partial charge is 0.352 e. The van der Waals surface area contributed by atoms with Crippen LogP contribution in [0.2, 0.25) is 0 Å². The van der Waals surface area contributed by atoms with Crippen LogP contribution in [-0.4, -0.2) is 25.3 Å². The van der Waals surface area contributed by atoms with E-state index in [4.69, 9.17) is 9.47 Å². The number of hydrogen-bond acceptors (Lipinski definition) is 4. The Labute approximate surface area is 130 Å². The molecule has 0 bridgehead atoms. The summed E-state index contributed by atoms with van der Waals surface area (Å²) in [7, 11) is 0. The van der Waals surface area contributed by atoms with Crippen molar-refractivity contribution in [2.24, 2.45) is 0 Å². The molecule has 2 N–H and O–H groups in total. The maximum absolute atomic E-state index is 6.16. The molecule has 2 aromatic rings. The molecule has 0 spiro atoms. The van der Waals surface area contributed by atoms with Gasteiger partial charge in [-0.2, -0.15) is 0 Å². The first-order valence-corrected chi connectivity index (χ1v) is 7.78. The van der Waals surface area contributed by atoms with E-state index in [0.717, 1.165) is 24.2 Å². The first-order chi connectivity index (χ1) is 10.9. The van der Waals surface area contributed by atoms with E-state index >= 15 is 0 Å². The van der Waals surface area contributed by atoms with Gasteiger partial charge in [0.1, 0.15) is 12.5 Å². The standard InChI is InChI=1S/C18H20N2O2/c1-3-7-13(8-4-1)17-19-11-16-15(21-17)12-20-18(22-16)14-9-5-2-6-10-14/h1-10,15-20H,11-12H2/t15-,16+,17+,18-. The van der Waals surface area contributed by atoms with E-state index in [-0.39, 0.29) is 24.7 Å². The fourth-order valence-corrected chi connectivity index (χ4v) is 3.08.